The molecule has 0 aliphatic heterocycles. The van der Waals surface area contributed by atoms with Crippen molar-refractivity contribution >= 4 is 0 Å². The lowest BCUT2D eigenvalue weighted by atomic mass is 10.0. The summed E-state index contributed by atoms with van der Waals surface area (Å²) in [6, 6.07) is 0.674. The zero-order valence-electron chi connectivity index (χ0n) is 12.6. The third-order valence-corrected chi connectivity index (χ3v) is 3.83. The number of nitrogens with two attached hydrogens (primary N) is 1. The molecule has 4 nitrogen and oxygen atoms in total. The van der Waals surface area contributed by atoms with E-state index in [-0.39, 0.29) is 6.04 Å². The Morgan fingerprint density at radius 2 is 2.00 bits per heavy atom. The predicted molar refractivity (Wildman–Crippen MR) is 76.4 cm³/mol. The van der Waals surface area contributed by atoms with Gasteiger partial charge < -0.3 is 5.73 Å². The van der Waals surface area contributed by atoms with Gasteiger partial charge in [-0.3, -0.25) is 9.58 Å². The van der Waals surface area contributed by atoms with Crippen LogP contribution in [0.3, 0.4) is 0 Å². The van der Waals surface area contributed by atoms with Crippen molar-refractivity contribution in [2.24, 2.45) is 18.7 Å². The van der Waals surface area contributed by atoms with E-state index in [9.17, 15) is 0 Å². The molecule has 0 amide bonds. The molecule has 2 atom stereocenters. The summed E-state index contributed by atoms with van der Waals surface area (Å²) in [7, 11) is 4.13. The number of nitrogens with zero attached hydrogens (tertiary/aromatic N) is 3. The highest BCUT2D eigenvalue weighted by atomic mass is 15.3. The van der Waals surface area contributed by atoms with E-state index in [0.29, 0.717) is 12.0 Å². The monoisotopic (exact) mass is 252 g/mol. The number of aromatic nitrogens is 2. The minimum atomic E-state index is 0.287. The summed E-state index contributed by atoms with van der Waals surface area (Å²) in [6.07, 6.45) is 3.15. The van der Waals surface area contributed by atoms with Crippen molar-refractivity contribution in [3.8, 4) is 0 Å². The molecule has 0 radical (unpaired) electrons. The minimum Gasteiger partial charge on any atom is -0.327 e. The van der Waals surface area contributed by atoms with Crippen LogP contribution >= 0.6 is 0 Å². The van der Waals surface area contributed by atoms with E-state index in [4.69, 9.17) is 5.73 Å². The first-order valence-electron chi connectivity index (χ1n) is 6.78. The van der Waals surface area contributed by atoms with Crippen LogP contribution < -0.4 is 5.73 Å². The summed E-state index contributed by atoms with van der Waals surface area (Å²) in [5, 5.41) is 4.40. The van der Waals surface area contributed by atoms with Crippen molar-refractivity contribution < 1.29 is 0 Å². The van der Waals surface area contributed by atoms with E-state index in [1.165, 1.54) is 5.56 Å². The van der Waals surface area contributed by atoms with E-state index in [2.05, 4.69) is 50.9 Å². The second kappa shape index (κ2) is 6.34. The van der Waals surface area contributed by atoms with Crippen LogP contribution in [0.5, 0.6) is 0 Å². The Balaban J connectivity index is 2.56. The molecule has 0 aliphatic rings. The molecule has 0 saturated carbocycles. The van der Waals surface area contributed by atoms with Gasteiger partial charge in [-0.05, 0) is 39.8 Å². The van der Waals surface area contributed by atoms with Crippen LogP contribution in [0.15, 0.2) is 6.20 Å². The molecule has 0 aliphatic carbocycles. The highest BCUT2D eigenvalue weighted by molar-refractivity contribution is 5.19. The molecule has 4 heteroatoms. The molecule has 1 aromatic heterocycles. The summed E-state index contributed by atoms with van der Waals surface area (Å²) in [5.41, 5.74) is 8.51. The SMILES string of the molecule is Cc1nn(C)cc1C(C)N(C)CCC(N)C(C)C. The first-order valence-corrected chi connectivity index (χ1v) is 6.78. The van der Waals surface area contributed by atoms with Crippen LogP contribution in [0.2, 0.25) is 0 Å². The first-order chi connectivity index (χ1) is 8.32. The van der Waals surface area contributed by atoms with Crippen molar-refractivity contribution in [3.05, 3.63) is 17.5 Å². The zero-order chi connectivity index (χ0) is 13.9. The van der Waals surface area contributed by atoms with Crippen LogP contribution in [0.4, 0.5) is 0 Å². The Hall–Kier alpha value is -0.870. The van der Waals surface area contributed by atoms with Gasteiger partial charge in [0.15, 0.2) is 0 Å². The van der Waals surface area contributed by atoms with E-state index in [1.54, 1.807) is 0 Å². The second-order valence-corrected chi connectivity index (χ2v) is 5.70. The summed E-state index contributed by atoms with van der Waals surface area (Å²) in [6.45, 7) is 9.68. The summed E-state index contributed by atoms with van der Waals surface area (Å²) >= 11 is 0. The standard InChI is InChI=1S/C14H28N4/c1-10(2)14(15)7-8-17(5)12(4)13-9-18(6)16-11(13)3/h9-10,12,14H,7-8,15H2,1-6H3. The van der Waals surface area contributed by atoms with Crippen molar-refractivity contribution in [1.29, 1.82) is 0 Å². The fraction of sp³-hybridized carbons (Fsp3) is 0.786. The topological polar surface area (TPSA) is 47.1 Å². The largest absolute Gasteiger partial charge is 0.327 e. The zero-order valence-corrected chi connectivity index (χ0v) is 12.6. The Kier molecular flexibility index (Phi) is 5.35. The molecular weight excluding hydrogens is 224 g/mol. The number of hydrogen-bond donors (Lipinski definition) is 1. The predicted octanol–water partition coefficient (Wildman–Crippen LogP) is 2.09. The highest BCUT2D eigenvalue weighted by Crippen LogP contribution is 2.21. The van der Waals surface area contributed by atoms with Crippen LogP contribution in [-0.4, -0.2) is 34.3 Å². The molecule has 2 N–H and O–H groups in total. The lowest BCUT2D eigenvalue weighted by Gasteiger charge is -2.26. The molecule has 0 spiro atoms. The molecule has 1 rings (SSSR count). The van der Waals surface area contributed by atoms with Gasteiger partial charge in [-0.15, -0.1) is 0 Å². The first kappa shape index (κ1) is 15.2. The average Bonchev–Trinajstić information content (AvgIpc) is 2.63. The second-order valence-electron chi connectivity index (χ2n) is 5.70. The molecule has 2 unspecified atom stereocenters. The molecule has 0 fully saturated rings. The summed E-state index contributed by atoms with van der Waals surface area (Å²) in [5.74, 6) is 0.550. The Morgan fingerprint density at radius 1 is 1.39 bits per heavy atom. The van der Waals surface area contributed by atoms with Crippen molar-refractivity contribution in [2.45, 2.75) is 46.2 Å². The molecule has 0 aromatic carbocycles. The van der Waals surface area contributed by atoms with Crippen molar-refractivity contribution in [2.75, 3.05) is 13.6 Å². The fourth-order valence-electron chi connectivity index (χ4n) is 2.15. The van der Waals surface area contributed by atoms with Gasteiger partial charge in [-0.2, -0.15) is 5.10 Å². The van der Waals surface area contributed by atoms with Gasteiger partial charge in [0.1, 0.15) is 0 Å². The molecule has 0 saturated heterocycles. The summed E-state index contributed by atoms with van der Waals surface area (Å²) in [4.78, 5) is 2.35. The summed E-state index contributed by atoms with van der Waals surface area (Å²) < 4.78 is 1.88. The third-order valence-electron chi connectivity index (χ3n) is 3.83. The van der Waals surface area contributed by atoms with Crippen LogP contribution in [0.1, 0.15) is 44.5 Å². The van der Waals surface area contributed by atoms with Gasteiger partial charge in [-0.25, -0.2) is 0 Å². The molecule has 1 aromatic rings. The number of aryl methyl sites for hydroxylation is 2. The lowest BCUT2D eigenvalue weighted by molar-refractivity contribution is 0.243. The number of rotatable bonds is 6. The molecule has 104 valence electrons. The van der Waals surface area contributed by atoms with Gasteiger partial charge in [0.2, 0.25) is 0 Å². The van der Waals surface area contributed by atoms with E-state index in [1.807, 2.05) is 11.7 Å². The molecular formula is C14H28N4. The molecule has 18 heavy (non-hydrogen) atoms. The number of hydrogen-bond acceptors (Lipinski definition) is 3. The minimum absolute atomic E-state index is 0.287. The van der Waals surface area contributed by atoms with Crippen molar-refractivity contribution in [3.63, 3.8) is 0 Å². The smallest absolute Gasteiger partial charge is 0.0641 e. The van der Waals surface area contributed by atoms with Gasteiger partial charge in [0, 0.05) is 30.9 Å². The van der Waals surface area contributed by atoms with Crippen LogP contribution in [0.25, 0.3) is 0 Å². The van der Waals surface area contributed by atoms with E-state index in [0.717, 1.165) is 18.7 Å². The molecule has 0 bridgehead atoms. The Labute approximate surface area is 111 Å². The maximum atomic E-state index is 6.09. The Morgan fingerprint density at radius 3 is 2.44 bits per heavy atom. The quantitative estimate of drug-likeness (QED) is 0.843. The van der Waals surface area contributed by atoms with E-state index >= 15 is 0 Å². The van der Waals surface area contributed by atoms with Gasteiger partial charge in [0.05, 0.1) is 5.69 Å². The molecule has 1 heterocycles. The fourth-order valence-corrected chi connectivity index (χ4v) is 2.15. The van der Waals surface area contributed by atoms with Crippen molar-refractivity contribution in [1.82, 2.24) is 14.7 Å². The maximum Gasteiger partial charge on any atom is 0.0641 e. The van der Waals surface area contributed by atoms with Gasteiger partial charge in [-0.1, -0.05) is 13.8 Å². The lowest BCUT2D eigenvalue weighted by Crippen LogP contribution is -2.33. The maximum absolute atomic E-state index is 6.09. The highest BCUT2D eigenvalue weighted by Gasteiger charge is 2.17. The van der Waals surface area contributed by atoms with Crippen LogP contribution in [-0.2, 0) is 7.05 Å². The third kappa shape index (κ3) is 3.82. The normalized spacial score (nSPS) is 15.4. The Bertz CT molecular complexity index is 370. The average molecular weight is 252 g/mol. The van der Waals surface area contributed by atoms with Gasteiger partial charge in [0.25, 0.3) is 0 Å². The van der Waals surface area contributed by atoms with Gasteiger partial charge >= 0.3 is 0 Å². The van der Waals surface area contributed by atoms with E-state index < -0.39 is 0 Å². The van der Waals surface area contributed by atoms with Crippen LogP contribution in [0, 0.1) is 12.8 Å².